The predicted molar refractivity (Wildman–Crippen MR) is 108 cm³/mol. The number of thiazole rings is 1. The standard InChI is InChI=1S/C17H32N6O2S/c1-16(2,3)25-15(24)22-17(4,5)11-20-13(18-6)19-9-12-10-26-14(21-12)23(7)8/h10H,9,11H2,1-8H3,(H,22,24)(H2,18,19,20). The van der Waals surface area contributed by atoms with Gasteiger partial charge in [-0.05, 0) is 34.6 Å². The molecule has 26 heavy (non-hydrogen) atoms. The third kappa shape index (κ3) is 8.37. The number of nitrogens with zero attached hydrogens (tertiary/aromatic N) is 3. The van der Waals surface area contributed by atoms with Gasteiger partial charge in [-0.15, -0.1) is 11.3 Å². The van der Waals surface area contributed by atoms with Crippen LogP contribution in [0.3, 0.4) is 0 Å². The van der Waals surface area contributed by atoms with Gasteiger partial charge in [-0.25, -0.2) is 9.78 Å². The maximum Gasteiger partial charge on any atom is 0.408 e. The molecule has 1 aromatic heterocycles. The van der Waals surface area contributed by atoms with Crippen molar-refractivity contribution in [3.05, 3.63) is 11.1 Å². The largest absolute Gasteiger partial charge is 0.444 e. The van der Waals surface area contributed by atoms with Gasteiger partial charge in [-0.2, -0.15) is 0 Å². The summed E-state index contributed by atoms with van der Waals surface area (Å²) < 4.78 is 5.30. The van der Waals surface area contributed by atoms with Crippen LogP contribution in [0.4, 0.5) is 9.93 Å². The Morgan fingerprint density at radius 2 is 1.92 bits per heavy atom. The first-order valence-electron chi connectivity index (χ1n) is 8.49. The van der Waals surface area contributed by atoms with E-state index in [4.69, 9.17) is 4.74 Å². The molecule has 1 aromatic rings. The molecule has 0 radical (unpaired) electrons. The number of guanidine groups is 1. The van der Waals surface area contributed by atoms with E-state index in [1.807, 2.05) is 59.0 Å². The van der Waals surface area contributed by atoms with Crippen LogP contribution in [0.5, 0.6) is 0 Å². The summed E-state index contributed by atoms with van der Waals surface area (Å²) in [6.07, 6.45) is -0.439. The lowest BCUT2D eigenvalue weighted by molar-refractivity contribution is 0.0474. The maximum absolute atomic E-state index is 11.9. The summed E-state index contributed by atoms with van der Waals surface area (Å²) in [6, 6.07) is 0. The molecule has 8 nitrogen and oxygen atoms in total. The SMILES string of the molecule is CN=C(NCc1csc(N(C)C)n1)NCC(C)(C)NC(=O)OC(C)(C)C. The van der Waals surface area contributed by atoms with E-state index < -0.39 is 17.2 Å². The van der Waals surface area contributed by atoms with Crippen molar-refractivity contribution in [2.24, 2.45) is 4.99 Å². The second-order valence-electron chi connectivity index (χ2n) is 7.81. The molecule has 0 aliphatic rings. The Labute approximate surface area is 160 Å². The third-order valence-corrected chi connectivity index (χ3v) is 4.18. The van der Waals surface area contributed by atoms with Crippen LogP contribution in [0.1, 0.15) is 40.3 Å². The lowest BCUT2D eigenvalue weighted by Crippen LogP contribution is -2.54. The second kappa shape index (κ2) is 9.07. The Bertz CT molecular complexity index is 619. The molecule has 0 saturated carbocycles. The molecule has 0 atom stereocenters. The fourth-order valence-corrected chi connectivity index (χ4v) is 2.66. The van der Waals surface area contributed by atoms with Crippen molar-refractivity contribution in [3.8, 4) is 0 Å². The Balaban J connectivity index is 2.48. The van der Waals surface area contributed by atoms with Crippen LogP contribution < -0.4 is 20.9 Å². The highest BCUT2D eigenvalue weighted by Crippen LogP contribution is 2.17. The zero-order chi connectivity index (χ0) is 20.0. The number of carbonyl (C=O) groups is 1. The van der Waals surface area contributed by atoms with E-state index in [1.165, 1.54) is 0 Å². The highest BCUT2D eigenvalue weighted by Gasteiger charge is 2.24. The first kappa shape index (κ1) is 22.0. The fourth-order valence-electron chi connectivity index (χ4n) is 1.91. The number of nitrogens with one attached hydrogen (secondary N) is 3. The van der Waals surface area contributed by atoms with Gasteiger partial charge in [0.1, 0.15) is 5.60 Å². The molecule has 3 N–H and O–H groups in total. The van der Waals surface area contributed by atoms with Gasteiger partial charge in [-0.3, -0.25) is 4.99 Å². The first-order chi connectivity index (χ1) is 11.9. The monoisotopic (exact) mass is 384 g/mol. The summed E-state index contributed by atoms with van der Waals surface area (Å²) in [6.45, 7) is 10.4. The quantitative estimate of drug-likeness (QED) is 0.514. The summed E-state index contributed by atoms with van der Waals surface area (Å²) >= 11 is 1.60. The van der Waals surface area contributed by atoms with E-state index in [-0.39, 0.29) is 0 Å². The van der Waals surface area contributed by atoms with E-state index >= 15 is 0 Å². The molecule has 1 rings (SSSR count). The van der Waals surface area contributed by atoms with Crippen molar-refractivity contribution in [2.45, 2.75) is 52.3 Å². The molecule has 0 aromatic carbocycles. The van der Waals surface area contributed by atoms with E-state index in [0.717, 1.165) is 10.8 Å². The highest BCUT2D eigenvalue weighted by atomic mass is 32.1. The molecule has 0 saturated heterocycles. The lowest BCUT2D eigenvalue weighted by atomic mass is 10.1. The van der Waals surface area contributed by atoms with Gasteiger partial charge in [0.2, 0.25) is 0 Å². The molecule has 1 amide bonds. The van der Waals surface area contributed by atoms with Gasteiger partial charge in [-0.1, -0.05) is 0 Å². The molecule has 0 fully saturated rings. The van der Waals surface area contributed by atoms with E-state index in [9.17, 15) is 4.79 Å². The van der Waals surface area contributed by atoms with Crippen molar-refractivity contribution >= 4 is 28.5 Å². The van der Waals surface area contributed by atoms with Crippen LogP contribution in [0.2, 0.25) is 0 Å². The Morgan fingerprint density at radius 1 is 1.27 bits per heavy atom. The molecule has 148 valence electrons. The number of aliphatic imine (C=N–C) groups is 1. The number of aromatic nitrogens is 1. The fraction of sp³-hybridized carbons (Fsp3) is 0.706. The van der Waals surface area contributed by atoms with Gasteiger partial charge in [0.25, 0.3) is 0 Å². The topological polar surface area (TPSA) is 90.9 Å². The minimum absolute atomic E-state index is 0.439. The van der Waals surface area contributed by atoms with E-state index in [2.05, 4.69) is 25.9 Å². The van der Waals surface area contributed by atoms with Crippen LogP contribution >= 0.6 is 11.3 Å². The summed E-state index contributed by atoms with van der Waals surface area (Å²) in [5, 5.41) is 12.3. The van der Waals surface area contributed by atoms with Crippen molar-refractivity contribution in [3.63, 3.8) is 0 Å². The average Bonchev–Trinajstić information content (AvgIpc) is 2.93. The zero-order valence-electron chi connectivity index (χ0n) is 17.1. The number of alkyl carbamates (subject to hydrolysis) is 1. The smallest absolute Gasteiger partial charge is 0.408 e. The molecule has 0 aliphatic heterocycles. The van der Waals surface area contributed by atoms with Crippen LogP contribution in [-0.2, 0) is 11.3 Å². The van der Waals surface area contributed by atoms with Crippen LogP contribution in [-0.4, -0.2) is 55.9 Å². The number of rotatable bonds is 6. The number of anilines is 1. The van der Waals surface area contributed by atoms with E-state index in [1.54, 1.807) is 18.4 Å². The van der Waals surface area contributed by atoms with Gasteiger partial charge in [0, 0.05) is 33.1 Å². The molecular weight excluding hydrogens is 352 g/mol. The summed E-state index contributed by atoms with van der Waals surface area (Å²) in [4.78, 5) is 22.6. The average molecular weight is 385 g/mol. The first-order valence-corrected chi connectivity index (χ1v) is 9.37. The van der Waals surface area contributed by atoms with Gasteiger partial charge < -0.3 is 25.6 Å². The van der Waals surface area contributed by atoms with Crippen LogP contribution in [0.25, 0.3) is 0 Å². The number of hydrogen-bond acceptors (Lipinski definition) is 6. The summed E-state index contributed by atoms with van der Waals surface area (Å²) in [5.74, 6) is 0.642. The maximum atomic E-state index is 11.9. The molecule has 0 bridgehead atoms. The van der Waals surface area contributed by atoms with Crippen molar-refractivity contribution in [2.75, 3.05) is 32.6 Å². The molecule has 0 aliphatic carbocycles. The van der Waals surface area contributed by atoms with Crippen molar-refractivity contribution in [1.29, 1.82) is 0 Å². The van der Waals surface area contributed by atoms with Crippen LogP contribution in [0, 0.1) is 0 Å². The van der Waals surface area contributed by atoms with Gasteiger partial charge in [0.05, 0.1) is 17.8 Å². The van der Waals surface area contributed by atoms with Crippen LogP contribution in [0.15, 0.2) is 10.4 Å². The number of ether oxygens (including phenoxy) is 1. The third-order valence-electron chi connectivity index (χ3n) is 3.12. The van der Waals surface area contributed by atoms with Gasteiger partial charge in [0.15, 0.2) is 11.1 Å². The normalized spacial score (nSPS) is 12.5. The van der Waals surface area contributed by atoms with Gasteiger partial charge >= 0.3 is 6.09 Å². The molecule has 9 heteroatoms. The number of carbonyl (C=O) groups excluding carboxylic acids is 1. The Hall–Kier alpha value is -2.03. The Kier molecular flexibility index (Phi) is 7.68. The molecule has 0 spiro atoms. The van der Waals surface area contributed by atoms with Crippen molar-refractivity contribution < 1.29 is 9.53 Å². The Morgan fingerprint density at radius 3 is 2.42 bits per heavy atom. The molecular formula is C17H32N6O2S. The predicted octanol–water partition coefficient (Wildman–Crippen LogP) is 2.18. The minimum Gasteiger partial charge on any atom is -0.444 e. The van der Waals surface area contributed by atoms with E-state index in [0.29, 0.717) is 19.0 Å². The van der Waals surface area contributed by atoms with Crippen molar-refractivity contribution in [1.82, 2.24) is 20.9 Å². The number of hydrogen-bond donors (Lipinski definition) is 3. The lowest BCUT2D eigenvalue weighted by Gasteiger charge is -2.29. The zero-order valence-corrected chi connectivity index (χ0v) is 17.9. The molecule has 0 unspecified atom stereocenters. The summed E-state index contributed by atoms with van der Waals surface area (Å²) in [5.41, 5.74) is -0.0733. The minimum atomic E-state index is -0.524. The second-order valence-corrected chi connectivity index (χ2v) is 8.64. The number of amides is 1. The summed E-state index contributed by atoms with van der Waals surface area (Å²) in [7, 11) is 5.64. The molecule has 1 heterocycles. The highest BCUT2D eigenvalue weighted by molar-refractivity contribution is 7.13.